The summed E-state index contributed by atoms with van der Waals surface area (Å²) in [6.45, 7) is 4.26. The molecule has 1 rings (SSSR count). The van der Waals surface area contributed by atoms with E-state index in [0.717, 1.165) is 13.0 Å². The maximum absolute atomic E-state index is 11.3. The minimum Gasteiger partial charge on any atom is -0.449 e. The summed E-state index contributed by atoms with van der Waals surface area (Å²) < 4.78 is 5.14. The molecule has 0 aliphatic carbocycles. The van der Waals surface area contributed by atoms with Gasteiger partial charge in [0.25, 0.3) is 0 Å². The molecule has 88 valence electrons. The Morgan fingerprint density at radius 2 is 2.33 bits per heavy atom. The van der Waals surface area contributed by atoms with Crippen molar-refractivity contribution in [1.29, 1.82) is 0 Å². The van der Waals surface area contributed by atoms with Crippen LogP contribution >= 0.6 is 0 Å². The van der Waals surface area contributed by atoms with E-state index >= 15 is 0 Å². The number of amides is 1. The summed E-state index contributed by atoms with van der Waals surface area (Å²) >= 11 is 0. The summed E-state index contributed by atoms with van der Waals surface area (Å²) in [5.74, 6) is 0. The van der Waals surface area contributed by atoms with Gasteiger partial charge >= 0.3 is 6.09 Å². The van der Waals surface area contributed by atoms with Crippen LogP contribution in [0.25, 0.3) is 0 Å². The van der Waals surface area contributed by atoms with Gasteiger partial charge in [0.1, 0.15) is 0 Å². The van der Waals surface area contributed by atoms with Gasteiger partial charge in [0.2, 0.25) is 0 Å². The molecule has 4 heteroatoms. The Balaban J connectivity index is 2.07. The molecule has 1 aliphatic heterocycles. The molecule has 1 fully saturated rings. The van der Waals surface area contributed by atoms with E-state index in [9.17, 15) is 4.79 Å². The van der Waals surface area contributed by atoms with Crippen LogP contribution in [-0.2, 0) is 4.74 Å². The molecule has 1 N–H and O–H groups in total. The standard InChI is InChI=1S/C11H22N2O2/c1-3-13(2)11(14)15-9-7-10-6-4-5-8-12-10/h10,12H,3-9H2,1-2H3. The van der Waals surface area contributed by atoms with Gasteiger partial charge in [-0.3, -0.25) is 0 Å². The molecule has 0 radical (unpaired) electrons. The van der Waals surface area contributed by atoms with Crippen LogP contribution in [0.2, 0.25) is 0 Å². The van der Waals surface area contributed by atoms with Crippen LogP contribution < -0.4 is 5.32 Å². The molecule has 15 heavy (non-hydrogen) atoms. The highest BCUT2D eigenvalue weighted by Crippen LogP contribution is 2.10. The number of hydrogen-bond acceptors (Lipinski definition) is 3. The first-order chi connectivity index (χ1) is 7.24. The zero-order valence-electron chi connectivity index (χ0n) is 9.79. The molecule has 0 aromatic carbocycles. The maximum Gasteiger partial charge on any atom is 0.409 e. The van der Waals surface area contributed by atoms with Gasteiger partial charge in [-0.2, -0.15) is 0 Å². The summed E-state index contributed by atoms with van der Waals surface area (Å²) in [5, 5.41) is 3.43. The number of piperidine rings is 1. The Kier molecular flexibility index (Phi) is 5.47. The SMILES string of the molecule is CCN(C)C(=O)OCCC1CCCCN1. The van der Waals surface area contributed by atoms with Crippen LogP contribution in [0.4, 0.5) is 4.79 Å². The molecular weight excluding hydrogens is 192 g/mol. The average molecular weight is 214 g/mol. The highest BCUT2D eigenvalue weighted by molar-refractivity contribution is 5.67. The summed E-state index contributed by atoms with van der Waals surface area (Å²) in [7, 11) is 1.75. The molecule has 1 aliphatic rings. The molecule has 0 saturated carbocycles. The molecular formula is C11H22N2O2. The van der Waals surface area contributed by atoms with Crippen molar-refractivity contribution in [3.8, 4) is 0 Å². The maximum atomic E-state index is 11.3. The fourth-order valence-corrected chi connectivity index (χ4v) is 1.70. The molecule has 0 bridgehead atoms. The second kappa shape index (κ2) is 6.67. The number of nitrogens with zero attached hydrogens (tertiary/aromatic N) is 1. The Labute approximate surface area is 92.0 Å². The van der Waals surface area contributed by atoms with Crippen LogP contribution in [0.1, 0.15) is 32.6 Å². The van der Waals surface area contributed by atoms with Gasteiger partial charge in [-0.15, -0.1) is 0 Å². The van der Waals surface area contributed by atoms with Crippen molar-refractivity contribution in [3.63, 3.8) is 0 Å². The number of carbonyl (C=O) groups excluding carboxylic acids is 1. The van der Waals surface area contributed by atoms with Crippen LogP contribution in [0, 0.1) is 0 Å². The van der Waals surface area contributed by atoms with Crippen LogP contribution in [-0.4, -0.2) is 43.8 Å². The summed E-state index contributed by atoms with van der Waals surface area (Å²) in [4.78, 5) is 12.9. The monoisotopic (exact) mass is 214 g/mol. The smallest absolute Gasteiger partial charge is 0.409 e. The van der Waals surface area contributed by atoms with Gasteiger partial charge in [0.15, 0.2) is 0 Å². The fourth-order valence-electron chi connectivity index (χ4n) is 1.70. The van der Waals surface area contributed by atoms with Gasteiger partial charge in [-0.05, 0) is 32.7 Å². The van der Waals surface area contributed by atoms with Crippen molar-refractivity contribution in [2.75, 3.05) is 26.7 Å². The van der Waals surface area contributed by atoms with E-state index in [1.165, 1.54) is 19.3 Å². The molecule has 0 aromatic rings. The van der Waals surface area contributed by atoms with Crippen molar-refractivity contribution in [2.24, 2.45) is 0 Å². The molecule has 4 nitrogen and oxygen atoms in total. The van der Waals surface area contributed by atoms with E-state index in [0.29, 0.717) is 19.2 Å². The van der Waals surface area contributed by atoms with Crippen molar-refractivity contribution >= 4 is 6.09 Å². The lowest BCUT2D eigenvalue weighted by Crippen LogP contribution is -2.35. The first-order valence-corrected chi connectivity index (χ1v) is 5.85. The summed E-state index contributed by atoms with van der Waals surface area (Å²) in [5.41, 5.74) is 0. The third-order valence-corrected chi connectivity index (χ3v) is 2.89. The number of rotatable bonds is 4. The van der Waals surface area contributed by atoms with E-state index in [2.05, 4.69) is 5.32 Å². The Morgan fingerprint density at radius 3 is 2.93 bits per heavy atom. The lowest BCUT2D eigenvalue weighted by Gasteiger charge is -2.23. The molecule has 1 saturated heterocycles. The van der Waals surface area contributed by atoms with E-state index in [-0.39, 0.29) is 6.09 Å². The Morgan fingerprint density at radius 1 is 1.53 bits per heavy atom. The molecule has 1 amide bonds. The third-order valence-electron chi connectivity index (χ3n) is 2.89. The van der Waals surface area contributed by atoms with Gasteiger partial charge < -0.3 is 15.0 Å². The number of hydrogen-bond donors (Lipinski definition) is 1. The normalized spacial score (nSPS) is 21.1. The van der Waals surface area contributed by atoms with Crippen LogP contribution in [0.3, 0.4) is 0 Å². The van der Waals surface area contributed by atoms with E-state index in [1.54, 1.807) is 11.9 Å². The topological polar surface area (TPSA) is 41.6 Å². The van der Waals surface area contributed by atoms with Crippen molar-refractivity contribution < 1.29 is 9.53 Å². The first kappa shape index (κ1) is 12.3. The minimum absolute atomic E-state index is 0.215. The van der Waals surface area contributed by atoms with Crippen molar-refractivity contribution in [2.45, 2.75) is 38.6 Å². The van der Waals surface area contributed by atoms with Crippen LogP contribution in [0.5, 0.6) is 0 Å². The number of carbonyl (C=O) groups is 1. The van der Waals surface area contributed by atoms with E-state index in [4.69, 9.17) is 4.74 Å². The second-order valence-corrected chi connectivity index (χ2v) is 4.06. The van der Waals surface area contributed by atoms with E-state index < -0.39 is 0 Å². The number of nitrogens with one attached hydrogen (secondary N) is 1. The zero-order valence-corrected chi connectivity index (χ0v) is 9.79. The minimum atomic E-state index is -0.215. The molecule has 1 unspecified atom stereocenters. The fraction of sp³-hybridized carbons (Fsp3) is 0.909. The third kappa shape index (κ3) is 4.51. The second-order valence-electron chi connectivity index (χ2n) is 4.06. The Hall–Kier alpha value is -0.770. The molecule has 0 aromatic heterocycles. The quantitative estimate of drug-likeness (QED) is 0.773. The molecule has 0 spiro atoms. The van der Waals surface area contributed by atoms with Gasteiger partial charge in [-0.1, -0.05) is 6.42 Å². The molecule has 1 atom stereocenters. The van der Waals surface area contributed by atoms with Gasteiger partial charge in [-0.25, -0.2) is 4.79 Å². The highest BCUT2D eigenvalue weighted by atomic mass is 16.6. The lowest BCUT2D eigenvalue weighted by atomic mass is 10.0. The van der Waals surface area contributed by atoms with Crippen LogP contribution in [0.15, 0.2) is 0 Å². The summed E-state index contributed by atoms with van der Waals surface area (Å²) in [6, 6.07) is 0.540. The summed E-state index contributed by atoms with van der Waals surface area (Å²) in [6.07, 6.45) is 4.49. The van der Waals surface area contributed by atoms with Gasteiger partial charge in [0, 0.05) is 19.6 Å². The van der Waals surface area contributed by atoms with Gasteiger partial charge in [0.05, 0.1) is 6.61 Å². The first-order valence-electron chi connectivity index (χ1n) is 5.85. The predicted molar refractivity (Wildman–Crippen MR) is 59.9 cm³/mol. The predicted octanol–water partition coefficient (Wildman–Crippen LogP) is 1.61. The zero-order chi connectivity index (χ0) is 11.1. The highest BCUT2D eigenvalue weighted by Gasteiger charge is 2.13. The molecule has 1 heterocycles. The van der Waals surface area contributed by atoms with Crippen molar-refractivity contribution in [3.05, 3.63) is 0 Å². The van der Waals surface area contributed by atoms with E-state index in [1.807, 2.05) is 6.92 Å². The lowest BCUT2D eigenvalue weighted by molar-refractivity contribution is 0.107. The largest absolute Gasteiger partial charge is 0.449 e. The number of ether oxygens (including phenoxy) is 1. The van der Waals surface area contributed by atoms with Crippen molar-refractivity contribution in [1.82, 2.24) is 10.2 Å². The average Bonchev–Trinajstić information content (AvgIpc) is 2.29. The Bertz CT molecular complexity index is 191.